The van der Waals surface area contributed by atoms with Crippen LogP contribution in [0.1, 0.15) is 57.4 Å². The Kier molecular flexibility index (Phi) is 4.65. The monoisotopic (exact) mass is 259 g/mol. The fourth-order valence-electron chi connectivity index (χ4n) is 2.79. The minimum Gasteiger partial charge on any atom is -0.459 e. The third-order valence-electron chi connectivity index (χ3n) is 3.89. The molecule has 104 valence electrons. The lowest BCUT2D eigenvalue weighted by atomic mass is 10.1. The van der Waals surface area contributed by atoms with Crippen molar-refractivity contribution in [2.45, 2.75) is 59.0 Å². The van der Waals surface area contributed by atoms with Crippen LogP contribution in [-0.2, 0) is 0 Å². The Balaban J connectivity index is 2.21. The molecule has 1 aromatic carbocycles. The summed E-state index contributed by atoms with van der Waals surface area (Å²) in [6, 6.07) is 9.12. The smallest absolute Gasteiger partial charge is 0.134 e. The number of furan rings is 1. The fourth-order valence-corrected chi connectivity index (χ4v) is 2.79. The van der Waals surface area contributed by atoms with Crippen LogP contribution in [0.4, 0.5) is 0 Å². The quantitative estimate of drug-likeness (QED) is 0.792. The van der Waals surface area contributed by atoms with Crippen LogP contribution in [0.25, 0.3) is 11.0 Å². The van der Waals surface area contributed by atoms with Crippen molar-refractivity contribution < 1.29 is 4.42 Å². The highest BCUT2D eigenvalue weighted by molar-refractivity contribution is 5.82. The van der Waals surface area contributed by atoms with E-state index in [4.69, 9.17) is 4.42 Å². The van der Waals surface area contributed by atoms with Crippen LogP contribution in [-0.4, -0.2) is 6.04 Å². The Morgan fingerprint density at radius 1 is 1.21 bits per heavy atom. The zero-order chi connectivity index (χ0) is 13.8. The minimum atomic E-state index is 0.267. The molecule has 0 bridgehead atoms. The Morgan fingerprint density at radius 2 is 1.95 bits per heavy atom. The number of hydrogen-bond acceptors (Lipinski definition) is 2. The molecule has 2 atom stereocenters. The van der Waals surface area contributed by atoms with E-state index in [2.05, 4.69) is 45.1 Å². The maximum atomic E-state index is 6.02. The Labute approximate surface area is 116 Å². The molecule has 19 heavy (non-hydrogen) atoms. The van der Waals surface area contributed by atoms with Crippen molar-refractivity contribution >= 4 is 11.0 Å². The van der Waals surface area contributed by atoms with E-state index in [9.17, 15) is 0 Å². The SMILES string of the molecule is CCCC(CC)NC(C)c1oc2ccccc2c1C. The maximum absolute atomic E-state index is 6.02. The van der Waals surface area contributed by atoms with Crippen LogP contribution in [0.3, 0.4) is 0 Å². The van der Waals surface area contributed by atoms with Crippen LogP contribution < -0.4 is 5.32 Å². The number of fused-ring (bicyclic) bond motifs is 1. The molecule has 1 heterocycles. The second-order valence-corrected chi connectivity index (χ2v) is 5.37. The lowest BCUT2D eigenvalue weighted by molar-refractivity contribution is 0.374. The van der Waals surface area contributed by atoms with E-state index in [-0.39, 0.29) is 6.04 Å². The van der Waals surface area contributed by atoms with Crippen molar-refractivity contribution in [3.8, 4) is 0 Å². The zero-order valence-electron chi connectivity index (χ0n) is 12.5. The number of benzene rings is 1. The molecule has 0 aliphatic rings. The molecule has 0 radical (unpaired) electrons. The second-order valence-electron chi connectivity index (χ2n) is 5.37. The predicted octanol–water partition coefficient (Wildman–Crippen LogP) is 4.97. The van der Waals surface area contributed by atoms with Gasteiger partial charge in [0.2, 0.25) is 0 Å². The number of hydrogen-bond donors (Lipinski definition) is 1. The summed E-state index contributed by atoms with van der Waals surface area (Å²) in [7, 11) is 0. The molecule has 2 nitrogen and oxygen atoms in total. The van der Waals surface area contributed by atoms with Gasteiger partial charge in [-0.3, -0.25) is 0 Å². The Morgan fingerprint density at radius 3 is 2.58 bits per heavy atom. The van der Waals surface area contributed by atoms with E-state index in [0.717, 1.165) is 17.8 Å². The summed E-state index contributed by atoms with van der Waals surface area (Å²) in [5, 5.41) is 4.92. The molecule has 0 saturated heterocycles. The van der Waals surface area contributed by atoms with Gasteiger partial charge in [-0.1, -0.05) is 38.5 Å². The first-order valence-electron chi connectivity index (χ1n) is 7.41. The Bertz CT molecular complexity index is 529. The van der Waals surface area contributed by atoms with Crippen molar-refractivity contribution in [3.63, 3.8) is 0 Å². The fraction of sp³-hybridized carbons (Fsp3) is 0.529. The van der Waals surface area contributed by atoms with Crippen LogP contribution in [0, 0.1) is 6.92 Å². The molecule has 2 heteroatoms. The number of para-hydroxylation sites is 1. The van der Waals surface area contributed by atoms with Crippen LogP contribution in [0.2, 0.25) is 0 Å². The minimum absolute atomic E-state index is 0.267. The third kappa shape index (κ3) is 3.01. The van der Waals surface area contributed by atoms with Crippen LogP contribution in [0.15, 0.2) is 28.7 Å². The van der Waals surface area contributed by atoms with Gasteiger partial charge < -0.3 is 9.73 Å². The van der Waals surface area contributed by atoms with Crippen molar-refractivity contribution in [1.82, 2.24) is 5.32 Å². The molecule has 0 amide bonds. The van der Waals surface area contributed by atoms with Gasteiger partial charge in [0.15, 0.2) is 0 Å². The lowest BCUT2D eigenvalue weighted by Gasteiger charge is -2.21. The highest BCUT2D eigenvalue weighted by Crippen LogP contribution is 2.29. The molecular formula is C17H25NO. The van der Waals surface area contributed by atoms with Gasteiger partial charge in [-0.15, -0.1) is 0 Å². The molecule has 0 saturated carbocycles. The van der Waals surface area contributed by atoms with Gasteiger partial charge in [0.05, 0.1) is 6.04 Å². The van der Waals surface area contributed by atoms with Gasteiger partial charge in [-0.25, -0.2) is 0 Å². The van der Waals surface area contributed by atoms with Crippen molar-refractivity contribution in [2.75, 3.05) is 0 Å². The molecule has 1 aromatic heterocycles. The molecular weight excluding hydrogens is 234 g/mol. The lowest BCUT2D eigenvalue weighted by Crippen LogP contribution is -2.30. The molecule has 1 N–H and O–H groups in total. The summed E-state index contributed by atoms with van der Waals surface area (Å²) in [6.45, 7) is 8.83. The van der Waals surface area contributed by atoms with Crippen molar-refractivity contribution in [3.05, 3.63) is 35.6 Å². The molecule has 0 spiro atoms. The number of rotatable bonds is 6. The van der Waals surface area contributed by atoms with Gasteiger partial charge in [0.25, 0.3) is 0 Å². The molecule has 0 aliphatic carbocycles. The first-order valence-corrected chi connectivity index (χ1v) is 7.41. The standard InChI is InChI=1S/C17H25NO/c1-5-9-14(6-2)18-13(4)17-12(3)15-10-7-8-11-16(15)19-17/h7-8,10-11,13-14,18H,5-6,9H2,1-4H3. The van der Waals surface area contributed by atoms with E-state index < -0.39 is 0 Å². The first-order chi connectivity index (χ1) is 9.17. The average molecular weight is 259 g/mol. The zero-order valence-corrected chi connectivity index (χ0v) is 12.5. The first kappa shape index (κ1) is 14.1. The van der Waals surface area contributed by atoms with E-state index in [1.54, 1.807) is 0 Å². The van der Waals surface area contributed by atoms with Gasteiger partial charge >= 0.3 is 0 Å². The van der Waals surface area contributed by atoms with Crippen LogP contribution in [0.5, 0.6) is 0 Å². The highest BCUT2D eigenvalue weighted by Gasteiger charge is 2.18. The van der Waals surface area contributed by atoms with E-state index in [0.29, 0.717) is 6.04 Å². The van der Waals surface area contributed by atoms with Crippen LogP contribution >= 0.6 is 0 Å². The largest absolute Gasteiger partial charge is 0.459 e. The van der Waals surface area contributed by atoms with E-state index >= 15 is 0 Å². The molecule has 2 aromatic rings. The number of aryl methyl sites for hydroxylation is 1. The summed E-state index contributed by atoms with van der Waals surface area (Å²) < 4.78 is 6.02. The van der Waals surface area contributed by atoms with Gasteiger partial charge in [-0.05, 0) is 38.3 Å². The second kappa shape index (κ2) is 6.25. The highest BCUT2D eigenvalue weighted by atomic mass is 16.3. The van der Waals surface area contributed by atoms with Crippen molar-refractivity contribution in [2.24, 2.45) is 0 Å². The summed E-state index contributed by atoms with van der Waals surface area (Å²) in [5.74, 6) is 1.08. The number of nitrogens with one attached hydrogen (secondary N) is 1. The van der Waals surface area contributed by atoms with E-state index in [1.807, 2.05) is 12.1 Å². The molecule has 0 aliphatic heterocycles. The van der Waals surface area contributed by atoms with Crippen molar-refractivity contribution in [1.29, 1.82) is 0 Å². The summed E-state index contributed by atoms with van der Waals surface area (Å²) in [5.41, 5.74) is 2.26. The van der Waals surface area contributed by atoms with Gasteiger partial charge in [0.1, 0.15) is 11.3 Å². The molecule has 2 rings (SSSR count). The molecule has 0 fully saturated rings. The molecule has 2 unspecified atom stereocenters. The summed E-state index contributed by atoms with van der Waals surface area (Å²) >= 11 is 0. The summed E-state index contributed by atoms with van der Waals surface area (Å²) in [4.78, 5) is 0. The third-order valence-corrected chi connectivity index (χ3v) is 3.89. The van der Waals surface area contributed by atoms with E-state index in [1.165, 1.54) is 23.8 Å². The predicted molar refractivity (Wildman–Crippen MR) is 81.5 cm³/mol. The normalized spacial score (nSPS) is 14.7. The van der Waals surface area contributed by atoms with Gasteiger partial charge in [0, 0.05) is 11.4 Å². The van der Waals surface area contributed by atoms with Gasteiger partial charge in [-0.2, -0.15) is 0 Å². The Hall–Kier alpha value is -1.28. The topological polar surface area (TPSA) is 25.2 Å². The summed E-state index contributed by atoms with van der Waals surface area (Å²) in [6.07, 6.45) is 3.61. The maximum Gasteiger partial charge on any atom is 0.134 e. The average Bonchev–Trinajstić information content (AvgIpc) is 2.76.